The van der Waals surface area contributed by atoms with Crippen molar-refractivity contribution in [2.24, 2.45) is 0 Å². The fourth-order valence-corrected chi connectivity index (χ4v) is 2.38. The lowest BCUT2D eigenvalue weighted by molar-refractivity contribution is -0.140. The van der Waals surface area contributed by atoms with Crippen LogP contribution in [0.25, 0.3) is 0 Å². The van der Waals surface area contributed by atoms with Crippen LogP contribution in [0, 0.1) is 12.7 Å². The minimum atomic E-state index is -4.74. The summed E-state index contributed by atoms with van der Waals surface area (Å²) in [7, 11) is 0. The lowest BCUT2D eigenvalue weighted by Crippen LogP contribution is -2.09. The summed E-state index contributed by atoms with van der Waals surface area (Å²) in [5, 5.41) is 11.9. The van der Waals surface area contributed by atoms with Crippen LogP contribution in [0.4, 0.5) is 17.6 Å². The van der Waals surface area contributed by atoms with Crippen molar-refractivity contribution in [1.82, 2.24) is 4.98 Å². The number of aromatic nitrogens is 1. The van der Waals surface area contributed by atoms with Crippen molar-refractivity contribution >= 4 is 11.3 Å². The number of aliphatic hydroxyl groups is 1. The Labute approximate surface area is 110 Å². The molecule has 2 nitrogen and oxygen atoms in total. The average molecular weight is 291 g/mol. The van der Waals surface area contributed by atoms with Crippen molar-refractivity contribution in [2.75, 3.05) is 0 Å². The number of rotatable bonds is 2. The number of halogens is 4. The third-order valence-corrected chi connectivity index (χ3v) is 3.50. The minimum Gasteiger partial charge on any atom is -0.381 e. The Morgan fingerprint density at radius 2 is 2.00 bits per heavy atom. The molecule has 0 amide bonds. The zero-order chi connectivity index (χ0) is 14.2. The minimum absolute atomic E-state index is 0.0415. The first-order valence-electron chi connectivity index (χ1n) is 5.26. The van der Waals surface area contributed by atoms with E-state index in [-0.39, 0.29) is 5.56 Å². The highest BCUT2D eigenvalue weighted by atomic mass is 32.1. The number of benzene rings is 1. The molecule has 1 aromatic carbocycles. The molecule has 19 heavy (non-hydrogen) atoms. The molecule has 0 radical (unpaired) electrons. The SMILES string of the molecule is Cc1csc(C(O)c2ccc(C(F)(F)F)c(F)c2)n1. The molecule has 0 saturated heterocycles. The predicted octanol–water partition coefficient (Wildman–Crippen LogP) is 3.69. The average Bonchev–Trinajstić information content (AvgIpc) is 2.73. The third kappa shape index (κ3) is 2.93. The van der Waals surface area contributed by atoms with Gasteiger partial charge in [-0.25, -0.2) is 9.37 Å². The molecular weight excluding hydrogens is 282 g/mol. The summed E-state index contributed by atoms with van der Waals surface area (Å²) >= 11 is 1.16. The van der Waals surface area contributed by atoms with Crippen LogP contribution in [0.2, 0.25) is 0 Å². The van der Waals surface area contributed by atoms with Crippen molar-refractivity contribution in [3.05, 3.63) is 51.2 Å². The van der Waals surface area contributed by atoms with Gasteiger partial charge in [0.2, 0.25) is 0 Å². The number of nitrogens with zero attached hydrogens (tertiary/aromatic N) is 1. The van der Waals surface area contributed by atoms with E-state index >= 15 is 0 Å². The predicted molar refractivity (Wildman–Crippen MR) is 62.3 cm³/mol. The highest BCUT2D eigenvalue weighted by Crippen LogP contribution is 2.33. The second-order valence-corrected chi connectivity index (χ2v) is 4.86. The molecule has 1 N–H and O–H groups in total. The molecule has 0 aliphatic heterocycles. The monoisotopic (exact) mass is 291 g/mol. The van der Waals surface area contributed by atoms with Crippen molar-refractivity contribution in [1.29, 1.82) is 0 Å². The first-order chi connectivity index (χ1) is 8.79. The Morgan fingerprint density at radius 1 is 1.32 bits per heavy atom. The molecule has 2 aromatic rings. The standard InChI is InChI=1S/C12H9F4NOS/c1-6-5-19-11(17-6)10(18)7-2-3-8(9(13)4-7)12(14,15)16/h2-5,10,18H,1H3. The molecule has 102 valence electrons. The zero-order valence-electron chi connectivity index (χ0n) is 9.70. The van der Waals surface area contributed by atoms with E-state index in [9.17, 15) is 22.7 Å². The van der Waals surface area contributed by atoms with Crippen LogP contribution >= 0.6 is 11.3 Å². The summed E-state index contributed by atoms with van der Waals surface area (Å²) in [5.74, 6) is -1.41. The third-order valence-electron chi connectivity index (χ3n) is 2.48. The van der Waals surface area contributed by atoms with E-state index in [1.807, 2.05) is 0 Å². The van der Waals surface area contributed by atoms with Gasteiger partial charge in [-0.1, -0.05) is 6.07 Å². The van der Waals surface area contributed by atoms with Crippen molar-refractivity contribution in [2.45, 2.75) is 19.2 Å². The van der Waals surface area contributed by atoms with Crippen LogP contribution in [-0.4, -0.2) is 10.1 Å². The zero-order valence-corrected chi connectivity index (χ0v) is 10.5. The van der Waals surface area contributed by atoms with E-state index < -0.39 is 23.7 Å². The van der Waals surface area contributed by atoms with Gasteiger partial charge in [-0.05, 0) is 24.6 Å². The van der Waals surface area contributed by atoms with E-state index in [4.69, 9.17) is 0 Å². The Morgan fingerprint density at radius 3 is 2.47 bits per heavy atom. The smallest absolute Gasteiger partial charge is 0.381 e. The van der Waals surface area contributed by atoms with E-state index in [0.29, 0.717) is 22.8 Å². The first-order valence-corrected chi connectivity index (χ1v) is 6.13. The lowest BCUT2D eigenvalue weighted by Gasteiger charge is -2.12. The van der Waals surface area contributed by atoms with Gasteiger partial charge >= 0.3 is 6.18 Å². The van der Waals surface area contributed by atoms with Crippen molar-refractivity contribution in [3.63, 3.8) is 0 Å². The normalized spacial score (nSPS) is 13.6. The van der Waals surface area contributed by atoms with Crippen LogP contribution < -0.4 is 0 Å². The molecule has 0 saturated carbocycles. The van der Waals surface area contributed by atoms with E-state index in [1.165, 1.54) is 0 Å². The number of thiazole rings is 1. The number of aryl methyl sites for hydroxylation is 1. The van der Waals surface area contributed by atoms with E-state index in [2.05, 4.69) is 4.98 Å². The first kappa shape index (κ1) is 14.0. The fraction of sp³-hybridized carbons (Fsp3) is 0.250. The Balaban J connectivity index is 2.35. The summed E-state index contributed by atoms with van der Waals surface area (Å²) in [6.07, 6.45) is -5.97. The Hall–Kier alpha value is -1.47. The number of hydrogen-bond acceptors (Lipinski definition) is 3. The fourth-order valence-electron chi connectivity index (χ4n) is 1.57. The van der Waals surface area contributed by atoms with Crippen LogP contribution in [0.3, 0.4) is 0 Å². The molecular formula is C12H9F4NOS. The maximum Gasteiger partial charge on any atom is 0.419 e. The highest BCUT2D eigenvalue weighted by molar-refractivity contribution is 7.09. The van der Waals surface area contributed by atoms with Crippen molar-refractivity contribution in [3.8, 4) is 0 Å². The second-order valence-electron chi connectivity index (χ2n) is 3.97. The van der Waals surface area contributed by atoms with Gasteiger partial charge in [0.1, 0.15) is 16.9 Å². The largest absolute Gasteiger partial charge is 0.419 e. The summed E-state index contributed by atoms with van der Waals surface area (Å²) in [5.41, 5.74) is -0.620. The van der Waals surface area contributed by atoms with Gasteiger partial charge in [-0.3, -0.25) is 0 Å². The van der Waals surface area contributed by atoms with Crippen LogP contribution in [0.15, 0.2) is 23.6 Å². The second kappa shape index (κ2) is 4.90. The quantitative estimate of drug-likeness (QED) is 0.856. The molecule has 7 heteroatoms. The topological polar surface area (TPSA) is 33.1 Å². The lowest BCUT2D eigenvalue weighted by atomic mass is 10.1. The summed E-state index contributed by atoms with van der Waals surface area (Å²) in [6.45, 7) is 1.72. The molecule has 1 aromatic heterocycles. The number of aliphatic hydroxyl groups excluding tert-OH is 1. The van der Waals surface area contributed by atoms with Crippen LogP contribution in [-0.2, 0) is 6.18 Å². The summed E-state index contributed by atoms with van der Waals surface area (Å²) in [4.78, 5) is 4.01. The van der Waals surface area contributed by atoms with Crippen LogP contribution in [0.1, 0.15) is 27.9 Å². The van der Waals surface area contributed by atoms with Crippen LogP contribution in [0.5, 0.6) is 0 Å². The Kier molecular flexibility index (Phi) is 3.60. The van der Waals surface area contributed by atoms with E-state index in [1.54, 1.807) is 12.3 Å². The Bertz CT molecular complexity index is 594. The number of hydrogen-bond donors (Lipinski definition) is 1. The van der Waals surface area contributed by atoms with Gasteiger partial charge < -0.3 is 5.11 Å². The molecule has 0 bridgehead atoms. The highest BCUT2D eigenvalue weighted by Gasteiger charge is 2.34. The van der Waals surface area contributed by atoms with E-state index in [0.717, 1.165) is 17.4 Å². The molecule has 0 aliphatic rings. The van der Waals surface area contributed by atoms with Gasteiger partial charge in [0, 0.05) is 11.1 Å². The molecule has 0 aliphatic carbocycles. The maximum atomic E-state index is 13.4. The van der Waals surface area contributed by atoms with Crippen molar-refractivity contribution < 1.29 is 22.7 Å². The molecule has 0 fully saturated rings. The summed E-state index contributed by atoms with van der Waals surface area (Å²) in [6, 6.07) is 2.35. The van der Waals surface area contributed by atoms with Gasteiger partial charge in [0.05, 0.1) is 5.56 Å². The number of alkyl halides is 3. The molecule has 1 heterocycles. The maximum absolute atomic E-state index is 13.4. The van der Waals surface area contributed by atoms with Gasteiger partial charge in [-0.15, -0.1) is 11.3 Å². The van der Waals surface area contributed by atoms with Gasteiger partial charge in [0.25, 0.3) is 0 Å². The molecule has 2 rings (SSSR count). The molecule has 1 unspecified atom stereocenters. The molecule has 0 spiro atoms. The van der Waals surface area contributed by atoms with Gasteiger partial charge in [0.15, 0.2) is 0 Å². The summed E-state index contributed by atoms with van der Waals surface area (Å²) < 4.78 is 50.6. The molecule has 1 atom stereocenters. The van der Waals surface area contributed by atoms with Gasteiger partial charge in [-0.2, -0.15) is 13.2 Å².